The number of carboxylic acid groups (broad SMARTS) is 1. The third kappa shape index (κ3) is 4.90. The Morgan fingerprint density at radius 2 is 1.96 bits per heavy atom. The molecule has 6 nitrogen and oxygen atoms in total. The number of carbonyl (C=O) groups is 2. The second-order valence-corrected chi connectivity index (χ2v) is 6.82. The lowest BCUT2D eigenvalue weighted by atomic mass is 9.73. The lowest BCUT2D eigenvalue weighted by Crippen LogP contribution is -2.44. The smallest absolute Gasteiger partial charge is 0.307 e. The molecule has 1 saturated carbocycles. The Morgan fingerprint density at radius 1 is 1.23 bits per heavy atom. The van der Waals surface area contributed by atoms with Gasteiger partial charge in [0.05, 0.1) is 31.6 Å². The van der Waals surface area contributed by atoms with Crippen molar-refractivity contribution < 1.29 is 24.2 Å². The van der Waals surface area contributed by atoms with Gasteiger partial charge in [-0.15, -0.1) is 0 Å². The van der Waals surface area contributed by atoms with Crippen LogP contribution in [-0.2, 0) is 9.59 Å². The molecule has 0 spiro atoms. The molecule has 6 heteroatoms. The molecule has 1 aromatic carbocycles. The zero-order chi connectivity index (χ0) is 19.1. The van der Waals surface area contributed by atoms with E-state index in [2.05, 4.69) is 12.2 Å². The minimum atomic E-state index is -0.893. The first-order valence-electron chi connectivity index (χ1n) is 9.31. The molecule has 26 heavy (non-hydrogen) atoms. The Hall–Kier alpha value is -2.24. The van der Waals surface area contributed by atoms with Crippen LogP contribution in [0.3, 0.4) is 0 Å². The van der Waals surface area contributed by atoms with E-state index in [1.165, 1.54) is 0 Å². The Balaban J connectivity index is 1.96. The van der Waals surface area contributed by atoms with Gasteiger partial charge in [0, 0.05) is 0 Å². The van der Waals surface area contributed by atoms with E-state index in [0.29, 0.717) is 30.9 Å². The summed E-state index contributed by atoms with van der Waals surface area (Å²) in [5.41, 5.74) is 0.891. The molecule has 1 aliphatic rings. The number of methoxy groups -OCH3 is 1. The zero-order valence-corrected chi connectivity index (χ0v) is 15.8. The Bertz CT molecular complexity index is 631. The molecule has 0 radical (unpaired) electrons. The van der Waals surface area contributed by atoms with Gasteiger partial charge in [0.1, 0.15) is 0 Å². The highest BCUT2D eigenvalue weighted by atomic mass is 16.5. The van der Waals surface area contributed by atoms with Gasteiger partial charge in [0.2, 0.25) is 5.91 Å². The molecule has 3 unspecified atom stereocenters. The van der Waals surface area contributed by atoms with Gasteiger partial charge in [-0.25, -0.2) is 0 Å². The van der Waals surface area contributed by atoms with Crippen LogP contribution in [0, 0.1) is 11.8 Å². The average molecular weight is 363 g/mol. The van der Waals surface area contributed by atoms with Crippen LogP contribution in [0.2, 0.25) is 0 Å². The fourth-order valence-electron chi connectivity index (χ4n) is 3.12. The summed E-state index contributed by atoms with van der Waals surface area (Å²) in [5.74, 6) is -0.762. The van der Waals surface area contributed by atoms with Crippen LogP contribution >= 0.6 is 0 Å². The van der Waals surface area contributed by atoms with Crippen molar-refractivity contribution in [2.24, 2.45) is 11.8 Å². The maximum Gasteiger partial charge on any atom is 0.307 e. The Morgan fingerprint density at radius 3 is 2.54 bits per heavy atom. The number of hydrogen-bond acceptors (Lipinski definition) is 4. The van der Waals surface area contributed by atoms with Crippen LogP contribution < -0.4 is 14.8 Å². The van der Waals surface area contributed by atoms with Crippen molar-refractivity contribution in [1.29, 1.82) is 0 Å². The lowest BCUT2D eigenvalue weighted by Gasteiger charge is -2.33. The van der Waals surface area contributed by atoms with Gasteiger partial charge < -0.3 is 19.9 Å². The van der Waals surface area contributed by atoms with Crippen LogP contribution in [0.1, 0.15) is 57.6 Å². The van der Waals surface area contributed by atoms with Crippen molar-refractivity contribution in [3.63, 3.8) is 0 Å². The molecule has 3 atom stereocenters. The molecule has 0 aliphatic heterocycles. The molecule has 144 valence electrons. The highest BCUT2D eigenvalue weighted by Gasteiger charge is 2.41. The summed E-state index contributed by atoms with van der Waals surface area (Å²) in [7, 11) is 1.59. The number of unbranched alkanes of at least 4 members (excludes halogenated alkanes) is 2. The fourth-order valence-corrected chi connectivity index (χ4v) is 3.12. The number of amides is 1. The summed E-state index contributed by atoms with van der Waals surface area (Å²) in [4.78, 5) is 23.4. The number of aliphatic carboxylic acids is 1. The van der Waals surface area contributed by atoms with E-state index >= 15 is 0 Å². The lowest BCUT2D eigenvalue weighted by molar-refractivity contribution is -0.152. The molecule has 1 aromatic rings. The van der Waals surface area contributed by atoms with Gasteiger partial charge in [-0.2, -0.15) is 0 Å². The SMILES string of the molecule is CCCCCOc1ccc(C(C)NC(=O)C2CCC2C(=O)O)cc1OC. The minimum absolute atomic E-state index is 0.199. The van der Waals surface area contributed by atoms with Gasteiger partial charge in [-0.3, -0.25) is 9.59 Å². The Labute approximate surface area is 154 Å². The first-order chi connectivity index (χ1) is 12.5. The summed E-state index contributed by atoms with van der Waals surface area (Å²) in [6, 6.07) is 5.38. The predicted molar refractivity (Wildman–Crippen MR) is 98.4 cm³/mol. The molecular formula is C20H29NO5. The van der Waals surface area contributed by atoms with Crippen LogP contribution in [-0.4, -0.2) is 30.7 Å². The quantitative estimate of drug-likeness (QED) is 0.621. The number of nitrogens with one attached hydrogen (secondary N) is 1. The van der Waals surface area contributed by atoms with Crippen molar-refractivity contribution in [2.45, 2.75) is 52.0 Å². The third-order valence-corrected chi connectivity index (χ3v) is 4.98. The number of ether oxygens (including phenoxy) is 2. The van der Waals surface area contributed by atoms with Crippen molar-refractivity contribution in [3.8, 4) is 11.5 Å². The standard InChI is InChI=1S/C20H29NO5/c1-4-5-6-11-26-17-10-7-14(12-18(17)25-3)13(2)21-19(22)15-8-9-16(15)20(23)24/h7,10,12-13,15-16H,4-6,8-9,11H2,1-3H3,(H,21,22)(H,23,24). The van der Waals surface area contributed by atoms with E-state index in [9.17, 15) is 9.59 Å². The maximum atomic E-state index is 12.3. The first kappa shape index (κ1) is 20.1. The maximum absolute atomic E-state index is 12.3. The Kier molecular flexibility index (Phi) is 7.30. The fraction of sp³-hybridized carbons (Fsp3) is 0.600. The molecule has 0 aromatic heterocycles. The molecule has 1 aliphatic carbocycles. The molecule has 2 N–H and O–H groups in total. The van der Waals surface area contributed by atoms with Crippen molar-refractivity contribution in [2.75, 3.05) is 13.7 Å². The summed E-state index contributed by atoms with van der Waals surface area (Å²) in [5, 5.41) is 12.0. The molecule has 1 fully saturated rings. The summed E-state index contributed by atoms with van der Waals surface area (Å²) < 4.78 is 11.2. The second-order valence-electron chi connectivity index (χ2n) is 6.82. The summed E-state index contributed by atoms with van der Waals surface area (Å²) in [6.07, 6.45) is 4.46. The average Bonchev–Trinajstić information content (AvgIpc) is 2.57. The van der Waals surface area contributed by atoms with Gasteiger partial charge >= 0.3 is 5.97 Å². The van der Waals surface area contributed by atoms with Gasteiger partial charge in [-0.05, 0) is 43.9 Å². The van der Waals surface area contributed by atoms with Crippen LogP contribution in [0.5, 0.6) is 11.5 Å². The highest BCUT2D eigenvalue weighted by molar-refractivity contribution is 5.86. The van der Waals surface area contributed by atoms with E-state index in [1.54, 1.807) is 7.11 Å². The summed E-state index contributed by atoms with van der Waals surface area (Å²) in [6.45, 7) is 4.67. The monoisotopic (exact) mass is 363 g/mol. The normalized spacial score (nSPS) is 20.0. The number of benzene rings is 1. The largest absolute Gasteiger partial charge is 0.493 e. The number of rotatable bonds is 10. The molecule has 0 bridgehead atoms. The topological polar surface area (TPSA) is 84.9 Å². The molecule has 0 heterocycles. The zero-order valence-electron chi connectivity index (χ0n) is 15.8. The number of carboxylic acids is 1. The first-order valence-corrected chi connectivity index (χ1v) is 9.31. The van der Waals surface area contributed by atoms with Gasteiger partial charge in [0.25, 0.3) is 0 Å². The van der Waals surface area contributed by atoms with Crippen molar-refractivity contribution >= 4 is 11.9 Å². The number of hydrogen-bond donors (Lipinski definition) is 2. The van der Waals surface area contributed by atoms with Crippen molar-refractivity contribution in [3.05, 3.63) is 23.8 Å². The van der Waals surface area contributed by atoms with E-state index in [0.717, 1.165) is 24.8 Å². The van der Waals surface area contributed by atoms with E-state index in [1.807, 2.05) is 25.1 Å². The van der Waals surface area contributed by atoms with Gasteiger partial charge in [-0.1, -0.05) is 25.8 Å². The highest BCUT2D eigenvalue weighted by Crippen LogP contribution is 2.35. The molecule has 1 amide bonds. The summed E-state index contributed by atoms with van der Waals surface area (Å²) >= 11 is 0. The minimum Gasteiger partial charge on any atom is -0.493 e. The third-order valence-electron chi connectivity index (χ3n) is 4.98. The molecule has 2 rings (SSSR count). The van der Waals surface area contributed by atoms with E-state index in [4.69, 9.17) is 14.6 Å². The van der Waals surface area contributed by atoms with Crippen LogP contribution in [0.4, 0.5) is 0 Å². The molecular weight excluding hydrogens is 334 g/mol. The van der Waals surface area contributed by atoms with Gasteiger partial charge in [0.15, 0.2) is 11.5 Å². The van der Waals surface area contributed by atoms with E-state index < -0.39 is 17.8 Å². The van der Waals surface area contributed by atoms with Crippen LogP contribution in [0.15, 0.2) is 18.2 Å². The van der Waals surface area contributed by atoms with E-state index in [-0.39, 0.29) is 11.9 Å². The predicted octanol–water partition coefficient (Wildman–Crippen LogP) is 3.55. The molecule has 0 saturated heterocycles. The van der Waals surface area contributed by atoms with Crippen LogP contribution in [0.25, 0.3) is 0 Å². The second kappa shape index (κ2) is 9.46. The number of carbonyl (C=O) groups excluding carboxylic acids is 1. The van der Waals surface area contributed by atoms with Crippen molar-refractivity contribution in [1.82, 2.24) is 5.32 Å².